The highest BCUT2D eigenvalue weighted by Crippen LogP contribution is 2.30. The number of hydrogen-bond donors (Lipinski definition) is 0. The molecule has 2 fully saturated rings. The van der Waals surface area contributed by atoms with Crippen molar-refractivity contribution in [3.05, 3.63) is 0 Å². The van der Waals surface area contributed by atoms with Crippen LogP contribution in [0.25, 0.3) is 0 Å². The van der Waals surface area contributed by atoms with Crippen LogP contribution in [-0.2, 0) is 4.74 Å². The van der Waals surface area contributed by atoms with Gasteiger partial charge in [-0.1, -0.05) is 12.8 Å². The normalized spacial score (nSPS) is 29.1. The molecule has 124 valence electrons. The zero-order valence-electron chi connectivity index (χ0n) is 14.5. The van der Waals surface area contributed by atoms with Crippen LogP contribution in [0.3, 0.4) is 0 Å². The highest BCUT2D eigenvalue weighted by molar-refractivity contribution is 4.74. The molecule has 1 saturated heterocycles. The Morgan fingerprint density at radius 1 is 0.952 bits per heavy atom. The van der Waals surface area contributed by atoms with Crippen LogP contribution in [0.15, 0.2) is 0 Å². The van der Waals surface area contributed by atoms with Crippen molar-refractivity contribution in [2.24, 2.45) is 5.92 Å². The first-order valence-electron chi connectivity index (χ1n) is 9.20. The lowest BCUT2D eigenvalue weighted by molar-refractivity contribution is -0.0203. The van der Waals surface area contributed by atoms with Crippen molar-refractivity contribution in [3.8, 4) is 0 Å². The molecule has 3 heteroatoms. The maximum Gasteiger partial charge on any atom is 0.0578 e. The lowest BCUT2D eigenvalue weighted by Crippen LogP contribution is -2.44. The Morgan fingerprint density at radius 3 is 2.24 bits per heavy atom. The Labute approximate surface area is 132 Å². The van der Waals surface area contributed by atoms with Gasteiger partial charge >= 0.3 is 0 Å². The van der Waals surface area contributed by atoms with Crippen LogP contribution in [0.4, 0.5) is 0 Å². The van der Waals surface area contributed by atoms with E-state index in [-0.39, 0.29) is 0 Å². The number of ether oxygens (including phenoxy) is 1. The summed E-state index contributed by atoms with van der Waals surface area (Å²) in [5, 5.41) is 0. The predicted octanol–water partition coefficient (Wildman–Crippen LogP) is 3.39. The molecule has 3 nitrogen and oxygen atoms in total. The number of piperazine rings is 1. The van der Waals surface area contributed by atoms with Crippen LogP contribution in [0, 0.1) is 5.92 Å². The zero-order chi connectivity index (χ0) is 15.1. The van der Waals surface area contributed by atoms with E-state index in [1.54, 1.807) is 0 Å². The second-order valence-electron chi connectivity index (χ2n) is 7.47. The Bertz CT molecular complexity index is 266. The average molecular weight is 296 g/mol. The van der Waals surface area contributed by atoms with E-state index in [0.717, 1.165) is 5.92 Å². The van der Waals surface area contributed by atoms with Gasteiger partial charge < -0.3 is 14.5 Å². The fraction of sp³-hybridized carbons (Fsp3) is 1.00. The molecule has 0 amide bonds. The Hall–Kier alpha value is -0.120. The lowest BCUT2D eigenvalue weighted by atomic mass is 9.84. The maximum absolute atomic E-state index is 5.94. The minimum absolute atomic E-state index is 0.398. The molecule has 1 aliphatic heterocycles. The van der Waals surface area contributed by atoms with Crippen molar-refractivity contribution >= 4 is 0 Å². The molecule has 0 N–H and O–H groups in total. The summed E-state index contributed by atoms with van der Waals surface area (Å²) < 4.78 is 5.94. The van der Waals surface area contributed by atoms with Gasteiger partial charge in [-0.3, -0.25) is 0 Å². The fourth-order valence-corrected chi connectivity index (χ4v) is 3.78. The van der Waals surface area contributed by atoms with Crippen LogP contribution >= 0.6 is 0 Å². The first-order chi connectivity index (χ1) is 10.1. The van der Waals surface area contributed by atoms with Gasteiger partial charge in [0.25, 0.3) is 0 Å². The van der Waals surface area contributed by atoms with Gasteiger partial charge in [-0.15, -0.1) is 0 Å². The zero-order valence-corrected chi connectivity index (χ0v) is 14.5. The van der Waals surface area contributed by atoms with Gasteiger partial charge in [0.15, 0.2) is 0 Å². The first-order valence-corrected chi connectivity index (χ1v) is 9.20. The highest BCUT2D eigenvalue weighted by atomic mass is 16.5. The highest BCUT2D eigenvalue weighted by Gasteiger charge is 2.22. The summed E-state index contributed by atoms with van der Waals surface area (Å²) in [6, 6.07) is 0. The van der Waals surface area contributed by atoms with E-state index in [1.165, 1.54) is 77.7 Å². The Morgan fingerprint density at radius 2 is 1.62 bits per heavy atom. The van der Waals surface area contributed by atoms with Crippen molar-refractivity contribution in [2.75, 3.05) is 39.8 Å². The molecule has 0 aromatic heterocycles. The smallest absolute Gasteiger partial charge is 0.0578 e. The van der Waals surface area contributed by atoms with Crippen LogP contribution in [0.1, 0.15) is 58.8 Å². The molecule has 0 spiro atoms. The van der Waals surface area contributed by atoms with E-state index >= 15 is 0 Å². The van der Waals surface area contributed by atoms with Crippen LogP contribution < -0.4 is 0 Å². The third-order valence-corrected chi connectivity index (χ3v) is 5.19. The van der Waals surface area contributed by atoms with Crippen LogP contribution in [0.5, 0.6) is 0 Å². The molecule has 0 bridgehead atoms. The monoisotopic (exact) mass is 296 g/mol. The summed E-state index contributed by atoms with van der Waals surface area (Å²) in [6.45, 7) is 10.7. The summed E-state index contributed by atoms with van der Waals surface area (Å²) in [7, 11) is 2.23. The van der Waals surface area contributed by atoms with E-state index in [4.69, 9.17) is 4.74 Å². The molecular formula is C18H36N2O. The molecule has 21 heavy (non-hydrogen) atoms. The van der Waals surface area contributed by atoms with Crippen molar-refractivity contribution < 1.29 is 4.74 Å². The topological polar surface area (TPSA) is 15.7 Å². The minimum atomic E-state index is 0.398. The van der Waals surface area contributed by atoms with E-state index in [2.05, 4.69) is 30.7 Å². The Kier molecular flexibility index (Phi) is 7.48. The van der Waals surface area contributed by atoms with Gasteiger partial charge in [-0.25, -0.2) is 0 Å². The largest absolute Gasteiger partial charge is 0.376 e. The molecule has 2 aliphatic rings. The third kappa shape index (κ3) is 6.66. The summed E-state index contributed by atoms with van der Waals surface area (Å²) >= 11 is 0. The molecule has 1 heterocycles. The SMILES string of the molecule is CC(C)OC1CCC(CCCCN2CCN(C)CC2)CC1. The standard InChI is InChI=1S/C18H36N2O/c1-16(2)21-18-9-7-17(8-10-18)6-4-5-11-20-14-12-19(3)13-15-20/h16-18H,4-15H2,1-3H3. The molecule has 0 atom stereocenters. The summed E-state index contributed by atoms with van der Waals surface area (Å²) in [5.41, 5.74) is 0. The van der Waals surface area contributed by atoms with Gasteiger partial charge in [0.2, 0.25) is 0 Å². The van der Waals surface area contributed by atoms with Crippen molar-refractivity contribution in [3.63, 3.8) is 0 Å². The number of unbranched alkanes of at least 4 members (excludes halogenated alkanes) is 1. The maximum atomic E-state index is 5.94. The van der Waals surface area contributed by atoms with Crippen molar-refractivity contribution in [2.45, 2.75) is 71.0 Å². The van der Waals surface area contributed by atoms with E-state index in [1.807, 2.05) is 0 Å². The van der Waals surface area contributed by atoms with Crippen molar-refractivity contribution in [1.29, 1.82) is 0 Å². The van der Waals surface area contributed by atoms with Gasteiger partial charge in [0.1, 0.15) is 0 Å². The fourth-order valence-electron chi connectivity index (χ4n) is 3.78. The second-order valence-corrected chi connectivity index (χ2v) is 7.47. The summed E-state index contributed by atoms with van der Waals surface area (Å²) in [4.78, 5) is 5.08. The van der Waals surface area contributed by atoms with Crippen LogP contribution in [0.2, 0.25) is 0 Å². The lowest BCUT2D eigenvalue weighted by Gasteiger charge is -2.32. The van der Waals surface area contributed by atoms with Gasteiger partial charge in [-0.05, 0) is 65.5 Å². The number of nitrogens with zero attached hydrogens (tertiary/aromatic N) is 2. The first kappa shape index (κ1) is 17.2. The molecule has 0 aromatic rings. The predicted molar refractivity (Wildman–Crippen MR) is 89.8 cm³/mol. The average Bonchev–Trinajstić information content (AvgIpc) is 2.46. The number of likely N-dealkylation sites (N-methyl/N-ethyl adjacent to an activating group) is 1. The molecule has 1 aliphatic carbocycles. The minimum Gasteiger partial charge on any atom is -0.376 e. The van der Waals surface area contributed by atoms with E-state index in [0.29, 0.717) is 12.2 Å². The molecule has 0 radical (unpaired) electrons. The van der Waals surface area contributed by atoms with E-state index < -0.39 is 0 Å². The van der Waals surface area contributed by atoms with Gasteiger partial charge in [-0.2, -0.15) is 0 Å². The van der Waals surface area contributed by atoms with E-state index in [9.17, 15) is 0 Å². The molecule has 0 unspecified atom stereocenters. The second kappa shape index (κ2) is 9.12. The van der Waals surface area contributed by atoms with Gasteiger partial charge in [0.05, 0.1) is 12.2 Å². The van der Waals surface area contributed by atoms with Gasteiger partial charge in [0, 0.05) is 26.2 Å². The summed E-state index contributed by atoms with van der Waals surface area (Å²) in [6.07, 6.45) is 10.6. The number of rotatable bonds is 7. The van der Waals surface area contributed by atoms with Crippen LogP contribution in [-0.4, -0.2) is 61.8 Å². The molecular weight excluding hydrogens is 260 g/mol. The van der Waals surface area contributed by atoms with Crippen molar-refractivity contribution in [1.82, 2.24) is 9.80 Å². The molecule has 0 aromatic carbocycles. The molecule has 1 saturated carbocycles. The molecule has 2 rings (SSSR count). The quantitative estimate of drug-likeness (QED) is 0.670. The third-order valence-electron chi connectivity index (χ3n) is 5.19. The summed E-state index contributed by atoms with van der Waals surface area (Å²) in [5.74, 6) is 0.976. The Balaban J connectivity index is 1.48. The number of hydrogen-bond acceptors (Lipinski definition) is 3.